The lowest BCUT2D eigenvalue weighted by Gasteiger charge is -2.21. The third kappa shape index (κ3) is 2.31. The SMILES string of the molecule is CC(C)N(C)C(=O)c1cc(Cl)c2ccccc2n1. The van der Waals surface area contributed by atoms with Crippen molar-refractivity contribution < 1.29 is 4.79 Å². The zero-order chi connectivity index (χ0) is 13.3. The number of benzene rings is 1. The van der Waals surface area contributed by atoms with E-state index in [2.05, 4.69) is 4.98 Å². The van der Waals surface area contributed by atoms with E-state index in [0.29, 0.717) is 10.7 Å². The van der Waals surface area contributed by atoms with E-state index in [9.17, 15) is 4.79 Å². The van der Waals surface area contributed by atoms with Crippen LogP contribution in [0.15, 0.2) is 30.3 Å². The summed E-state index contributed by atoms with van der Waals surface area (Å²) < 4.78 is 0. The summed E-state index contributed by atoms with van der Waals surface area (Å²) in [6, 6.07) is 9.29. The summed E-state index contributed by atoms with van der Waals surface area (Å²) in [5.41, 5.74) is 1.13. The van der Waals surface area contributed by atoms with Gasteiger partial charge in [-0.05, 0) is 26.0 Å². The van der Waals surface area contributed by atoms with Gasteiger partial charge in [-0.25, -0.2) is 4.98 Å². The Morgan fingerprint density at radius 2 is 2.00 bits per heavy atom. The number of rotatable bonds is 2. The van der Waals surface area contributed by atoms with Gasteiger partial charge < -0.3 is 4.90 Å². The van der Waals surface area contributed by atoms with E-state index < -0.39 is 0 Å². The molecule has 1 amide bonds. The van der Waals surface area contributed by atoms with Crippen LogP contribution in [-0.2, 0) is 0 Å². The zero-order valence-corrected chi connectivity index (χ0v) is 11.4. The van der Waals surface area contributed by atoms with E-state index in [0.717, 1.165) is 10.9 Å². The third-order valence-corrected chi connectivity index (χ3v) is 3.29. The molecule has 18 heavy (non-hydrogen) atoms. The van der Waals surface area contributed by atoms with Crippen molar-refractivity contribution in [3.63, 3.8) is 0 Å². The fourth-order valence-corrected chi connectivity index (χ4v) is 1.92. The maximum atomic E-state index is 12.2. The molecule has 0 aliphatic rings. The Morgan fingerprint density at radius 1 is 1.33 bits per heavy atom. The largest absolute Gasteiger partial charge is 0.338 e. The van der Waals surface area contributed by atoms with Crippen molar-refractivity contribution in [2.75, 3.05) is 7.05 Å². The van der Waals surface area contributed by atoms with Crippen molar-refractivity contribution in [3.05, 3.63) is 41.0 Å². The topological polar surface area (TPSA) is 33.2 Å². The molecule has 4 heteroatoms. The maximum Gasteiger partial charge on any atom is 0.272 e. The molecular formula is C14H15ClN2O. The Labute approximate surface area is 111 Å². The molecule has 0 radical (unpaired) electrons. The van der Waals surface area contributed by atoms with Gasteiger partial charge in [0.15, 0.2) is 0 Å². The van der Waals surface area contributed by atoms with E-state index in [4.69, 9.17) is 11.6 Å². The van der Waals surface area contributed by atoms with Gasteiger partial charge in [0.1, 0.15) is 5.69 Å². The van der Waals surface area contributed by atoms with Gasteiger partial charge in [0.05, 0.1) is 10.5 Å². The maximum absolute atomic E-state index is 12.2. The molecule has 2 rings (SSSR count). The van der Waals surface area contributed by atoms with Gasteiger partial charge in [0.25, 0.3) is 5.91 Å². The number of pyridine rings is 1. The lowest BCUT2D eigenvalue weighted by atomic mass is 10.2. The van der Waals surface area contributed by atoms with Crippen LogP contribution in [0, 0.1) is 0 Å². The van der Waals surface area contributed by atoms with Crippen LogP contribution in [0.1, 0.15) is 24.3 Å². The van der Waals surface area contributed by atoms with Crippen LogP contribution >= 0.6 is 11.6 Å². The van der Waals surface area contributed by atoms with Crippen molar-refractivity contribution in [2.24, 2.45) is 0 Å². The van der Waals surface area contributed by atoms with Gasteiger partial charge in [0, 0.05) is 18.5 Å². The number of hydrogen-bond donors (Lipinski definition) is 0. The summed E-state index contributed by atoms with van der Waals surface area (Å²) >= 11 is 6.18. The number of carbonyl (C=O) groups is 1. The lowest BCUT2D eigenvalue weighted by Crippen LogP contribution is -2.33. The number of fused-ring (bicyclic) bond motifs is 1. The number of hydrogen-bond acceptors (Lipinski definition) is 2. The highest BCUT2D eigenvalue weighted by Gasteiger charge is 2.17. The molecule has 0 N–H and O–H groups in total. The predicted octanol–water partition coefficient (Wildman–Crippen LogP) is 3.37. The first-order valence-electron chi connectivity index (χ1n) is 5.83. The van der Waals surface area contributed by atoms with Crippen LogP contribution in [0.25, 0.3) is 10.9 Å². The highest BCUT2D eigenvalue weighted by molar-refractivity contribution is 6.35. The number of carbonyl (C=O) groups excluding carboxylic acids is 1. The van der Waals surface area contributed by atoms with Crippen LogP contribution in [0.5, 0.6) is 0 Å². The minimum absolute atomic E-state index is 0.113. The molecular weight excluding hydrogens is 248 g/mol. The highest BCUT2D eigenvalue weighted by Crippen LogP contribution is 2.23. The quantitative estimate of drug-likeness (QED) is 0.831. The number of para-hydroxylation sites is 1. The summed E-state index contributed by atoms with van der Waals surface area (Å²) in [4.78, 5) is 18.2. The van der Waals surface area contributed by atoms with E-state index in [1.807, 2.05) is 38.1 Å². The monoisotopic (exact) mass is 262 g/mol. The molecule has 0 bridgehead atoms. The number of amides is 1. The van der Waals surface area contributed by atoms with E-state index in [1.54, 1.807) is 18.0 Å². The standard InChI is InChI=1S/C14H15ClN2O/c1-9(2)17(3)14(18)13-8-11(15)10-6-4-5-7-12(10)16-13/h4-9H,1-3H3. The van der Waals surface area contributed by atoms with Gasteiger partial charge in [-0.2, -0.15) is 0 Å². The van der Waals surface area contributed by atoms with Crippen molar-refractivity contribution in [3.8, 4) is 0 Å². The molecule has 0 fully saturated rings. The predicted molar refractivity (Wildman–Crippen MR) is 74.0 cm³/mol. The summed E-state index contributed by atoms with van der Waals surface area (Å²) in [6.07, 6.45) is 0. The van der Waals surface area contributed by atoms with Crippen LogP contribution in [-0.4, -0.2) is 28.9 Å². The number of halogens is 1. The Kier molecular flexibility index (Phi) is 3.53. The van der Waals surface area contributed by atoms with Gasteiger partial charge in [-0.1, -0.05) is 29.8 Å². The molecule has 94 valence electrons. The molecule has 0 atom stereocenters. The molecule has 3 nitrogen and oxygen atoms in total. The summed E-state index contributed by atoms with van der Waals surface area (Å²) in [6.45, 7) is 3.92. The molecule has 0 saturated heterocycles. The third-order valence-electron chi connectivity index (χ3n) is 2.98. The second kappa shape index (κ2) is 4.94. The molecule has 1 aromatic heterocycles. The molecule has 0 saturated carbocycles. The molecule has 0 spiro atoms. The van der Waals surface area contributed by atoms with Crippen LogP contribution in [0.4, 0.5) is 0 Å². The Hall–Kier alpha value is -1.61. The first-order chi connectivity index (χ1) is 8.50. The minimum Gasteiger partial charge on any atom is -0.338 e. The van der Waals surface area contributed by atoms with Gasteiger partial charge in [-0.15, -0.1) is 0 Å². The van der Waals surface area contributed by atoms with E-state index in [1.165, 1.54) is 0 Å². The fourth-order valence-electron chi connectivity index (χ4n) is 1.66. The van der Waals surface area contributed by atoms with Crippen LogP contribution < -0.4 is 0 Å². The van der Waals surface area contributed by atoms with Crippen molar-refractivity contribution in [1.82, 2.24) is 9.88 Å². The Balaban J connectivity index is 2.50. The molecule has 0 aliphatic heterocycles. The zero-order valence-electron chi connectivity index (χ0n) is 10.6. The first kappa shape index (κ1) is 12.8. The smallest absolute Gasteiger partial charge is 0.272 e. The van der Waals surface area contributed by atoms with Gasteiger partial charge >= 0.3 is 0 Å². The molecule has 1 heterocycles. The second-order valence-corrected chi connectivity index (χ2v) is 4.92. The molecule has 1 aromatic carbocycles. The Bertz CT molecular complexity index is 595. The summed E-state index contributed by atoms with van der Waals surface area (Å²) in [7, 11) is 1.76. The Morgan fingerprint density at radius 3 is 2.67 bits per heavy atom. The second-order valence-electron chi connectivity index (χ2n) is 4.52. The van der Waals surface area contributed by atoms with Crippen molar-refractivity contribution in [1.29, 1.82) is 0 Å². The molecule has 0 unspecified atom stereocenters. The first-order valence-corrected chi connectivity index (χ1v) is 6.21. The van der Waals surface area contributed by atoms with Crippen molar-refractivity contribution >= 4 is 28.4 Å². The molecule has 0 aliphatic carbocycles. The van der Waals surface area contributed by atoms with Crippen LogP contribution in [0.3, 0.4) is 0 Å². The highest BCUT2D eigenvalue weighted by atomic mass is 35.5. The van der Waals surface area contributed by atoms with Crippen LogP contribution in [0.2, 0.25) is 5.02 Å². The number of aromatic nitrogens is 1. The van der Waals surface area contributed by atoms with Gasteiger partial charge in [-0.3, -0.25) is 4.79 Å². The average molecular weight is 263 g/mol. The summed E-state index contributed by atoms with van der Waals surface area (Å²) in [5.74, 6) is -0.113. The summed E-state index contributed by atoms with van der Waals surface area (Å²) in [5, 5.41) is 1.42. The lowest BCUT2D eigenvalue weighted by molar-refractivity contribution is 0.0749. The molecule has 2 aromatic rings. The fraction of sp³-hybridized carbons (Fsp3) is 0.286. The number of nitrogens with zero attached hydrogens (tertiary/aromatic N) is 2. The average Bonchev–Trinajstić information content (AvgIpc) is 2.36. The van der Waals surface area contributed by atoms with E-state index >= 15 is 0 Å². The van der Waals surface area contributed by atoms with Gasteiger partial charge in [0.2, 0.25) is 0 Å². The van der Waals surface area contributed by atoms with Crippen molar-refractivity contribution in [2.45, 2.75) is 19.9 Å². The normalized spacial score (nSPS) is 10.9. The minimum atomic E-state index is -0.113. The van der Waals surface area contributed by atoms with E-state index in [-0.39, 0.29) is 11.9 Å².